The van der Waals surface area contributed by atoms with E-state index in [9.17, 15) is 4.79 Å². The predicted molar refractivity (Wildman–Crippen MR) is 86.6 cm³/mol. The van der Waals surface area contributed by atoms with Crippen molar-refractivity contribution in [3.63, 3.8) is 0 Å². The fourth-order valence-corrected chi connectivity index (χ4v) is 3.59. The normalized spacial score (nSPS) is 15.3. The Labute approximate surface area is 126 Å². The number of rotatable bonds is 3. The third kappa shape index (κ3) is 2.45. The molecule has 1 fully saturated rings. The predicted octanol–water partition coefficient (Wildman–Crippen LogP) is 3.70. The topological polar surface area (TPSA) is 25.2 Å². The largest absolute Gasteiger partial charge is 0.341 e. The molecule has 1 aliphatic heterocycles. The van der Waals surface area contributed by atoms with E-state index in [-0.39, 0.29) is 5.91 Å². The molecule has 1 aromatic carbocycles. The quantitative estimate of drug-likeness (QED) is 0.843. The van der Waals surface area contributed by atoms with Crippen LogP contribution < -0.4 is 0 Å². The minimum absolute atomic E-state index is 0.256. The van der Waals surface area contributed by atoms with Crippen LogP contribution in [0.5, 0.6) is 0 Å². The number of hydrogen-bond donors (Lipinski definition) is 0. The van der Waals surface area contributed by atoms with Gasteiger partial charge in [-0.25, -0.2) is 0 Å². The number of amides is 1. The Morgan fingerprint density at radius 1 is 1.19 bits per heavy atom. The van der Waals surface area contributed by atoms with E-state index in [0.29, 0.717) is 12.5 Å². The number of hydrogen-bond acceptors (Lipinski definition) is 1. The molecule has 1 amide bonds. The van der Waals surface area contributed by atoms with E-state index in [0.717, 1.165) is 25.9 Å². The zero-order valence-electron chi connectivity index (χ0n) is 13.2. The summed E-state index contributed by atoms with van der Waals surface area (Å²) in [5.41, 5.74) is 3.80. The van der Waals surface area contributed by atoms with Gasteiger partial charge in [-0.3, -0.25) is 4.79 Å². The van der Waals surface area contributed by atoms with Crippen LogP contribution in [0.15, 0.2) is 24.3 Å². The maximum atomic E-state index is 12.5. The van der Waals surface area contributed by atoms with Crippen LogP contribution in [-0.4, -0.2) is 28.5 Å². The molecule has 0 spiro atoms. The number of carbonyl (C=O) groups is 1. The SMILES string of the molecule is Cc1c(C(C)C)c2ccccc2n1CC(=O)N1CCCC1. The van der Waals surface area contributed by atoms with Crippen molar-refractivity contribution in [1.82, 2.24) is 9.47 Å². The number of aromatic nitrogens is 1. The summed E-state index contributed by atoms with van der Waals surface area (Å²) >= 11 is 0. The summed E-state index contributed by atoms with van der Waals surface area (Å²) < 4.78 is 2.20. The summed E-state index contributed by atoms with van der Waals surface area (Å²) in [6.45, 7) is 8.91. The van der Waals surface area contributed by atoms with Crippen molar-refractivity contribution >= 4 is 16.8 Å². The average Bonchev–Trinajstić information content (AvgIpc) is 3.06. The van der Waals surface area contributed by atoms with Crippen LogP contribution in [0.3, 0.4) is 0 Å². The third-order valence-electron chi connectivity index (χ3n) is 4.61. The van der Waals surface area contributed by atoms with E-state index in [1.807, 2.05) is 4.90 Å². The Balaban J connectivity index is 2.01. The summed E-state index contributed by atoms with van der Waals surface area (Å²) in [7, 11) is 0. The van der Waals surface area contributed by atoms with Crippen LogP contribution in [0.2, 0.25) is 0 Å². The highest BCUT2D eigenvalue weighted by atomic mass is 16.2. The van der Waals surface area contributed by atoms with Gasteiger partial charge in [0.1, 0.15) is 6.54 Å². The first-order chi connectivity index (χ1) is 10.1. The van der Waals surface area contributed by atoms with Crippen LogP contribution in [0.25, 0.3) is 10.9 Å². The van der Waals surface area contributed by atoms with E-state index in [1.165, 1.54) is 22.2 Å². The summed E-state index contributed by atoms with van der Waals surface area (Å²) in [5.74, 6) is 0.727. The zero-order valence-corrected chi connectivity index (χ0v) is 13.2. The molecular weight excluding hydrogens is 260 g/mol. The van der Waals surface area contributed by atoms with Gasteiger partial charge < -0.3 is 9.47 Å². The summed E-state index contributed by atoms with van der Waals surface area (Å²) in [6.07, 6.45) is 2.29. The Morgan fingerprint density at radius 2 is 1.86 bits per heavy atom. The van der Waals surface area contributed by atoms with Gasteiger partial charge in [-0.2, -0.15) is 0 Å². The van der Waals surface area contributed by atoms with Gasteiger partial charge in [0.2, 0.25) is 5.91 Å². The molecule has 0 atom stereocenters. The number of para-hydroxylation sites is 1. The smallest absolute Gasteiger partial charge is 0.242 e. The molecule has 0 saturated carbocycles. The molecular formula is C18H24N2O. The minimum Gasteiger partial charge on any atom is -0.341 e. The first kappa shape index (κ1) is 14.2. The maximum Gasteiger partial charge on any atom is 0.242 e. The first-order valence-corrected chi connectivity index (χ1v) is 7.95. The number of fused-ring (bicyclic) bond motifs is 1. The number of nitrogens with zero attached hydrogens (tertiary/aromatic N) is 2. The summed E-state index contributed by atoms with van der Waals surface area (Å²) in [4.78, 5) is 14.5. The number of likely N-dealkylation sites (tertiary alicyclic amines) is 1. The van der Waals surface area contributed by atoms with Crippen molar-refractivity contribution in [3.8, 4) is 0 Å². The van der Waals surface area contributed by atoms with Crippen LogP contribution in [-0.2, 0) is 11.3 Å². The van der Waals surface area contributed by atoms with Crippen LogP contribution in [0.1, 0.15) is 43.9 Å². The molecule has 21 heavy (non-hydrogen) atoms. The van der Waals surface area contributed by atoms with Gasteiger partial charge in [0, 0.05) is 29.7 Å². The van der Waals surface area contributed by atoms with Crippen molar-refractivity contribution in [2.24, 2.45) is 0 Å². The molecule has 0 bridgehead atoms. The average molecular weight is 284 g/mol. The molecule has 2 heterocycles. The monoisotopic (exact) mass is 284 g/mol. The summed E-state index contributed by atoms with van der Waals surface area (Å²) in [6, 6.07) is 8.45. The lowest BCUT2D eigenvalue weighted by atomic mass is 10.00. The molecule has 1 aromatic heterocycles. The number of benzene rings is 1. The van der Waals surface area contributed by atoms with Gasteiger partial charge in [0.05, 0.1) is 0 Å². The van der Waals surface area contributed by atoms with Gasteiger partial charge in [0.25, 0.3) is 0 Å². The second-order valence-electron chi connectivity index (χ2n) is 6.34. The van der Waals surface area contributed by atoms with Gasteiger partial charge in [0.15, 0.2) is 0 Å². The van der Waals surface area contributed by atoms with Gasteiger partial charge in [-0.1, -0.05) is 32.0 Å². The molecule has 112 valence electrons. The molecule has 1 aliphatic rings. The van der Waals surface area contributed by atoms with Crippen molar-refractivity contribution in [2.45, 2.75) is 46.1 Å². The third-order valence-corrected chi connectivity index (χ3v) is 4.61. The fraction of sp³-hybridized carbons (Fsp3) is 0.500. The lowest BCUT2D eigenvalue weighted by molar-refractivity contribution is -0.130. The lowest BCUT2D eigenvalue weighted by Crippen LogP contribution is -2.31. The molecule has 3 rings (SSSR count). The zero-order chi connectivity index (χ0) is 15.0. The molecule has 3 heteroatoms. The van der Waals surface area contributed by atoms with Crippen LogP contribution in [0, 0.1) is 6.92 Å². The van der Waals surface area contributed by atoms with E-state index in [1.54, 1.807) is 0 Å². The van der Waals surface area contributed by atoms with Gasteiger partial charge >= 0.3 is 0 Å². The standard InChI is InChI=1S/C18H24N2O/c1-13(2)18-14(3)20(16-9-5-4-8-15(16)18)12-17(21)19-10-6-7-11-19/h4-5,8-9,13H,6-7,10-12H2,1-3H3. The Morgan fingerprint density at radius 3 is 2.52 bits per heavy atom. The molecule has 3 nitrogen and oxygen atoms in total. The van der Waals surface area contributed by atoms with E-state index >= 15 is 0 Å². The van der Waals surface area contributed by atoms with E-state index in [4.69, 9.17) is 0 Å². The van der Waals surface area contributed by atoms with E-state index in [2.05, 4.69) is 49.6 Å². The minimum atomic E-state index is 0.256. The maximum absolute atomic E-state index is 12.5. The molecule has 0 radical (unpaired) electrons. The van der Waals surface area contributed by atoms with Crippen LogP contribution >= 0.6 is 0 Å². The van der Waals surface area contributed by atoms with Crippen molar-refractivity contribution < 1.29 is 4.79 Å². The Bertz CT molecular complexity index is 663. The fourth-order valence-electron chi connectivity index (χ4n) is 3.59. The molecule has 0 N–H and O–H groups in total. The highest BCUT2D eigenvalue weighted by Gasteiger charge is 2.22. The Kier molecular flexibility index (Phi) is 3.75. The van der Waals surface area contributed by atoms with Crippen molar-refractivity contribution in [1.29, 1.82) is 0 Å². The molecule has 1 saturated heterocycles. The molecule has 0 unspecified atom stereocenters. The Hall–Kier alpha value is -1.77. The van der Waals surface area contributed by atoms with Gasteiger partial charge in [-0.05, 0) is 37.3 Å². The second-order valence-corrected chi connectivity index (χ2v) is 6.34. The second kappa shape index (κ2) is 5.55. The summed E-state index contributed by atoms with van der Waals surface area (Å²) in [5, 5.41) is 1.29. The number of carbonyl (C=O) groups excluding carboxylic acids is 1. The van der Waals surface area contributed by atoms with E-state index < -0.39 is 0 Å². The first-order valence-electron chi connectivity index (χ1n) is 7.95. The van der Waals surface area contributed by atoms with Gasteiger partial charge in [-0.15, -0.1) is 0 Å². The lowest BCUT2D eigenvalue weighted by Gasteiger charge is -2.17. The van der Waals surface area contributed by atoms with Crippen LogP contribution in [0.4, 0.5) is 0 Å². The van der Waals surface area contributed by atoms with Crippen molar-refractivity contribution in [2.75, 3.05) is 13.1 Å². The molecule has 0 aliphatic carbocycles. The highest BCUT2D eigenvalue weighted by molar-refractivity contribution is 5.88. The highest BCUT2D eigenvalue weighted by Crippen LogP contribution is 2.31. The van der Waals surface area contributed by atoms with Crippen molar-refractivity contribution in [3.05, 3.63) is 35.5 Å². The molecule has 2 aromatic rings.